The van der Waals surface area contributed by atoms with Crippen molar-refractivity contribution >= 4 is 38.2 Å². The van der Waals surface area contributed by atoms with Crippen LogP contribution in [0.4, 0.5) is 15.9 Å². The molecular formula is C17H13BrFN3O. The molecule has 3 N–H and O–H groups in total. The van der Waals surface area contributed by atoms with Crippen molar-refractivity contribution in [1.29, 1.82) is 0 Å². The van der Waals surface area contributed by atoms with Crippen molar-refractivity contribution in [2.24, 2.45) is 0 Å². The third-order valence-electron chi connectivity index (χ3n) is 3.84. The van der Waals surface area contributed by atoms with Gasteiger partial charge in [-0.1, -0.05) is 6.07 Å². The largest absolute Gasteiger partial charge is 0.496 e. The van der Waals surface area contributed by atoms with Gasteiger partial charge >= 0.3 is 0 Å². The van der Waals surface area contributed by atoms with Gasteiger partial charge in [0.05, 0.1) is 17.3 Å². The van der Waals surface area contributed by atoms with Crippen molar-refractivity contribution in [2.45, 2.75) is 0 Å². The van der Waals surface area contributed by atoms with Crippen LogP contribution in [0.2, 0.25) is 0 Å². The molecule has 6 heteroatoms. The van der Waals surface area contributed by atoms with Gasteiger partial charge in [-0.25, -0.2) is 4.39 Å². The number of halogens is 2. The number of methoxy groups -OCH3 is 1. The Labute approximate surface area is 140 Å². The molecule has 0 bridgehead atoms. The van der Waals surface area contributed by atoms with Gasteiger partial charge in [-0.2, -0.15) is 0 Å². The van der Waals surface area contributed by atoms with Crippen LogP contribution >= 0.6 is 15.9 Å². The van der Waals surface area contributed by atoms with E-state index in [1.807, 2.05) is 18.2 Å². The first-order valence-electron chi connectivity index (χ1n) is 7.04. The molecule has 1 aliphatic carbocycles. The van der Waals surface area contributed by atoms with Gasteiger partial charge in [-0.15, -0.1) is 0 Å². The van der Waals surface area contributed by atoms with Crippen LogP contribution in [0.25, 0.3) is 22.0 Å². The van der Waals surface area contributed by atoms with E-state index in [0.717, 1.165) is 38.1 Å². The number of benzene rings is 2. The average Bonchev–Trinajstić information content (AvgIpc) is 3.06. The lowest BCUT2D eigenvalue weighted by Crippen LogP contribution is -1.91. The zero-order valence-corrected chi connectivity index (χ0v) is 13.8. The molecule has 116 valence electrons. The van der Waals surface area contributed by atoms with Gasteiger partial charge in [0.15, 0.2) is 0 Å². The predicted octanol–water partition coefficient (Wildman–Crippen LogP) is 5.25. The molecular weight excluding hydrogens is 361 g/mol. The first-order chi connectivity index (χ1) is 11.2. The van der Waals surface area contributed by atoms with Crippen molar-refractivity contribution in [1.82, 2.24) is 10.2 Å². The summed E-state index contributed by atoms with van der Waals surface area (Å²) >= 11 is 3.50. The number of aromatic nitrogens is 2. The van der Waals surface area contributed by atoms with Crippen LogP contribution in [-0.2, 0) is 0 Å². The van der Waals surface area contributed by atoms with E-state index in [2.05, 4.69) is 37.5 Å². The lowest BCUT2D eigenvalue weighted by Gasteiger charge is -2.04. The lowest BCUT2D eigenvalue weighted by atomic mass is 10.2. The highest BCUT2D eigenvalue weighted by Crippen LogP contribution is 2.41. The Balaban J connectivity index is 1.79. The van der Waals surface area contributed by atoms with Gasteiger partial charge in [0.2, 0.25) is 0 Å². The van der Waals surface area contributed by atoms with Crippen molar-refractivity contribution in [3.63, 3.8) is 0 Å². The van der Waals surface area contributed by atoms with Crippen molar-refractivity contribution in [3.05, 3.63) is 52.8 Å². The second-order valence-electron chi connectivity index (χ2n) is 5.27. The van der Waals surface area contributed by atoms with E-state index in [1.165, 1.54) is 12.1 Å². The third kappa shape index (κ3) is 2.35. The highest BCUT2D eigenvalue weighted by Gasteiger charge is 2.18. The van der Waals surface area contributed by atoms with E-state index in [4.69, 9.17) is 4.74 Å². The Morgan fingerprint density at radius 3 is 2.78 bits per heavy atom. The van der Waals surface area contributed by atoms with Crippen molar-refractivity contribution in [3.8, 4) is 17.0 Å². The Morgan fingerprint density at radius 2 is 2.00 bits per heavy atom. The zero-order valence-electron chi connectivity index (χ0n) is 12.2. The molecule has 4 rings (SSSR count). The Kier molecular flexibility index (Phi) is 3.27. The second kappa shape index (κ2) is 5.31. The second-order valence-corrected chi connectivity index (χ2v) is 6.12. The number of fused-ring (bicyclic) bond motifs is 3. The fourth-order valence-corrected chi connectivity index (χ4v) is 3.29. The van der Waals surface area contributed by atoms with E-state index in [1.54, 1.807) is 13.2 Å². The van der Waals surface area contributed by atoms with Crippen molar-refractivity contribution in [2.75, 3.05) is 12.4 Å². The van der Waals surface area contributed by atoms with E-state index in [9.17, 15) is 4.39 Å². The minimum atomic E-state index is -0.275. The molecule has 0 saturated heterocycles. The summed E-state index contributed by atoms with van der Waals surface area (Å²) in [5.74, 6) is 1.29. The molecule has 0 amide bonds. The first kappa shape index (κ1) is 14.1. The number of ether oxygens (including phenoxy) is 1. The normalized spacial score (nSPS) is 11.3. The highest BCUT2D eigenvalue weighted by atomic mass is 79.9. The minimum Gasteiger partial charge on any atom is -0.496 e. The summed E-state index contributed by atoms with van der Waals surface area (Å²) in [6.45, 7) is 0. The van der Waals surface area contributed by atoms with Crippen LogP contribution in [0.1, 0.15) is 0 Å². The van der Waals surface area contributed by atoms with E-state index < -0.39 is 0 Å². The number of hydrogen-bond acceptors (Lipinski definition) is 2. The maximum absolute atomic E-state index is 13.3. The molecule has 4 nitrogen and oxygen atoms in total. The summed E-state index contributed by atoms with van der Waals surface area (Å²) in [4.78, 5) is 0. The van der Waals surface area contributed by atoms with Gasteiger partial charge in [-0.3, -0.25) is 10.2 Å². The van der Waals surface area contributed by atoms with Crippen LogP contribution < -0.4 is 10.1 Å². The molecule has 1 heterocycles. The summed E-state index contributed by atoms with van der Waals surface area (Å²) in [6, 6.07) is 12.4. The highest BCUT2D eigenvalue weighted by molar-refractivity contribution is 9.10. The van der Waals surface area contributed by atoms with Crippen LogP contribution in [-0.4, -0.2) is 17.3 Å². The van der Waals surface area contributed by atoms with E-state index >= 15 is 0 Å². The number of H-pyrrole nitrogens is 2. The molecule has 1 aliphatic heterocycles. The van der Waals surface area contributed by atoms with Gasteiger partial charge in [0, 0.05) is 16.6 Å². The fraction of sp³-hybridized carbons (Fsp3) is 0.0588. The molecule has 0 radical (unpaired) electrons. The van der Waals surface area contributed by atoms with Crippen LogP contribution in [0.3, 0.4) is 0 Å². The summed E-state index contributed by atoms with van der Waals surface area (Å²) in [7, 11) is 1.64. The maximum Gasteiger partial charge on any atom is 0.133 e. The van der Waals surface area contributed by atoms with E-state index in [-0.39, 0.29) is 5.82 Å². The first-order valence-corrected chi connectivity index (χ1v) is 7.84. The van der Waals surface area contributed by atoms with Crippen molar-refractivity contribution < 1.29 is 9.13 Å². The summed E-state index contributed by atoms with van der Waals surface area (Å²) in [6.07, 6.45) is 0. The summed E-state index contributed by atoms with van der Waals surface area (Å²) in [5, 5.41) is 11.6. The maximum atomic E-state index is 13.3. The number of aromatic amines is 2. The number of anilines is 2. The van der Waals surface area contributed by atoms with Crippen LogP contribution in [0, 0.1) is 5.82 Å². The fourth-order valence-electron chi connectivity index (χ4n) is 2.77. The molecule has 23 heavy (non-hydrogen) atoms. The molecule has 0 spiro atoms. The molecule has 0 aromatic heterocycles. The smallest absolute Gasteiger partial charge is 0.133 e. The average molecular weight is 374 g/mol. The molecule has 0 saturated carbocycles. The summed E-state index contributed by atoms with van der Waals surface area (Å²) in [5.41, 5.74) is 2.67. The summed E-state index contributed by atoms with van der Waals surface area (Å²) < 4.78 is 19.6. The minimum absolute atomic E-state index is 0.275. The van der Waals surface area contributed by atoms with E-state index in [0.29, 0.717) is 5.69 Å². The Hall–Kier alpha value is -2.47. The Morgan fingerprint density at radius 1 is 1.13 bits per heavy atom. The number of nitrogens with one attached hydrogen (secondary N) is 3. The van der Waals surface area contributed by atoms with Gasteiger partial charge in [0.25, 0.3) is 0 Å². The van der Waals surface area contributed by atoms with Gasteiger partial charge < -0.3 is 10.1 Å². The number of rotatable bonds is 3. The zero-order chi connectivity index (χ0) is 16.0. The van der Waals surface area contributed by atoms with Crippen LogP contribution in [0.5, 0.6) is 5.75 Å². The topological polar surface area (TPSA) is 52.8 Å². The van der Waals surface area contributed by atoms with Crippen LogP contribution in [0.15, 0.2) is 46.9 Å². The molecule has 0 atom stereocenters. The van der Waals surface area contributed by atoms with Gasteiger partial charge in [-0.05, 0) is 57.7 Å². The molecule has 0 unspecified atom stereocenters. The number of hydrogen-bond donors (Lipinski definition) is 3. The monoisotopic (exact) mass is 373 g/mol. The lowest BCUT2D eigenvalue weighted by molar-refractivity contribution is 0.413. The van der Waals surface area contributed by atoms with Gasteiger partial charge in [0.1, 0.15) is 17.4 Å². The molecule has 2 aliphatic rings. The SMILES string of the molecule is COc1cc2c3[nH][nH]c(Nc4cccc(F)c4)c-3cc2cc1Br. The molecule has 2 aromatic rings. The Bertz CT molecular complexity index is 975. The third-order valence-corrected chi connectivity index (χ3v) is 4.46. The quantitative estimate of drug-likeness (QED) is 0.459. The molecule has 2 aromatic carbocycles. The standard InChI is InChI=1S/C17H13BrFN3O/c1-23-15-8-12-9(6-14(15)18)5-13-16(12)21-22-17(13)20-11-4-2-3-10(19)7-11/h2-8,20-22H,1H3. The predicted molar refractivity (Wildman–Crippen MR) is 93.2 cm³/mol. The molecule has 0 fully saturated rings.